The number of amides is 1. The number of carbonyl (C=O) groups excluding carboxylic acids is 1. The van der Waals surface area contributed by atoms with Crippen LogP contribution >= 0.6 is 0 Å². The van der Waals surface area contributed by atoms with Crippen molar-refractivity contribution in [3.63, 3.8) is 0 Å². The second-order valence-corrected chi connectivity index (χ2v) is 7.00. The molecular formula is C23H19N3O3. The van der Waals surface area contributed by atoms with Gasteiger partial charge in [-0.25, -0.2) is 0 Å². The Bertz CT molecular complexity index is 1110. The van der Waals surface area contributed by atoms with Crippen LogP contribution in [-0.2, 0) is 11.3 Å². The lowest BCUT2D eigenvalue weighted by atomic mass is 10.1. The summed E-state index contributed by atoms with van der Waals surface area (Å²) in [6.45, 7) is 2.44. The van der Waals surface area contributed by atoms with Gasteiger partial charge in [0.15, 0.2) is 0 Å². The highest BCUT2D eigenvalue weighted by Gasteiger charge is 2.25. The summed E-state index contributed by atoms with van der Waals surface area (Å²) in [5.41, 5.74) is 4.89. The zero-order valence-electron chi connectivity index (χ0n) is 15.9. The van der Waals surface area contributed by atoms with Gasteiger partial charge >= 0.3 is 0 Å². The van der Waals surface area contributed by atoms with Gasteiger partial charge in [-0.15, -0.1) is 0 Å². The van der Waals surface area contributed by atoms with Crippen molar-refractivity contribution in [1.29, 1.82) is 0 Å². The maximum atomic E-state index is 13.2. The minimum absolute atomic E-state index is 0.0102. The summed E-state index contributed by atoms with van der Waals surface area (Å²) >= 11 is 0. The highest BCUT2D eigenvalue weighted by Crippen LogP contribution is 2.35. The number of non-ortho nitro benzene ring substituents is 1. The molecule has 0 atom stereocenters. The highest BCUT2D eigenvalue weighted by atomic mass is 16.6. The molecule has 0 saturated carbocycles. The highest BCUT2D eigenvalue weighted by molar-refractivity contribution is 6.17. The van der Waals surface area contributed by atoms with E-state index in [9.17, 15) is 14.9 Å². The van der Waals surface area contributed by atoms with Crippen LogP contribution in [0, 0.1) is 17.0 Å². The predicted octanol–water partition coefficient (Wildman–Crippen LogP) is 4.96. The van der Waals surface area contributed by atoms with Crippen LogP contribution in [0.2, 0.25) is 0 Å². The predicted molar refractivity (Wildman–Crippen MR) is 113 cm³/mol. The van der Waals surface area contributed by atoms with E-state index in [0.717, 1.165) is 16.8 Å². The van der Waals surface area contributed by atoms with Crippen LogP contribution in [0.25, 0.3) is 0 Å². The van der Waals surface area contributed by atoms with Gasteiger partial charge in [0.2, 0.25) is 5.91 Å². The van der Waals surface area contributed by atoms with E-state index in [2.05, 4.69) is 0 Å². The molecule has 1 heterocycles. The number of aliphatic imine (C=N–C) groups is 1. The van der Waals surface area contributed by atoms with E-state index < -0.39 is 4.92 Å². The molecule has 29 heavy (non-hydrogen) atoms. The second kappa shape index (κ2) is 7.67. The average Bonchev–Trinajstić information content (AvgIpc) is 2.86. The molecule has 0 saturated heterocycles. The van der Waals surface area contributed by atoms with Crippen LogP contribution in [0.15, 0.2) is 77.8 Å². The topological polar surface area (TPSA) is 75.8 Å². The Morgan fingerprint density at radius 2 is 1.76 bits per heavy atom. The smallest absolute Gasteiger partial charge is 0.269 e. The Morgan fingerprint density at radius 1 is 1.03 bits per heavy atom. The van der Waals surface area contributed by atoms with Crippen LogP contribution < -0.4 is 4.90 Å². The van der Waals surface area contributed by atoms with Crippen molar-refractivity contribution in [2.75, 3.05) is 4.90 Å². The number of rotatable bonds is 4. The molecule has 0 bridgehead atoms. The summed E-state index contributed by atoms with van der Waals surface area (Å²) in [4.78, 5) is 30.2. The largest absolute Gasteiger partial charge is 0.306 e. The first-order valence-corrected chi connectivity index (χ1v) is 9.28. The van der Waals surface area contributed by atoms with E-state index in [0.29, 0.717) is 23.5 Å². The molecule has 144 valence electrons. The minimum Gasteiger partial charge on any atom is -0.306 e. The quantitative estimate of drug-likeness (QED) is 0.470. The van der Waals surface area contributed by atoms with E-state index in [1.165, 1.54) is 12.1 Å². The van der Waals surface area contributed by atoms with Crippen LogP contribution in [0.1, 0.15) is 23.1 Å². The fourth-order valence-electron chi connectivity index (χ4n) is 3.38. The summed E-state index contributed by atoms with van der Waals surface area (Å²) in [5, 5.41) is 10.9. The molecule has 1 amide bonds. The molecule has 0 spiro atoms. The van der Waals surface area contributed by atoms with Gasteiger partial charge in [-0.1, -0.05) is 36.4 Å². The monoisotopic (exact) mass is 385 g/mol. The van der Waals surface area contributed by atoms with Gasteiger partial charge in [0.25, 0.3) is 5.69 Å². The fraction of sp³-hybridized carbons (Fsp3) is 0.130. The molecule has 0 unspecified atom stereocenters. The van der Waals surface area contributed by atoms with Crippen molar-refractivity contribution in [3.8, 4) is 0 Å². The summed E-state index contributed by atoms with van der Waals surface area (Å²) in [6.07, 6.45) is 0.123. The van der Waals surface area contributed by atoms with Gasteiger partial charge in [0.1, 0.15) is 0 Å². The minimum atomic E-state index is -0.441. The number of nitrogens with zero attached hydrogens (tertiary/aromatic N) is 3. The maximum Gasteiger partial charge on any atom is 0.269 e. The van der Waals surface area contributed by atoms with Gasteiger partial charge in [-0.05, 0) is 47.9 Å². The molecular weight excluding hydrogens is 366 g/mol. The first-order chi connectivity index (χ1) is 14.0. The molecule has 4 rings (SSSR count). The van der Waals surface area contributed by atoms with E-state index in [1.807, 2.05) is 55.5 Å². The molecule has 1 aliphatic heterocycles. The molecule has 6 heteroatoms. The number of hydrogen-bond donors (Lipinski definition) is 0. The van der Waals surface area contributed by atoms with Crippen molar-refractivity contribution < 1.29 is 9.72 Å². The van der Waals surface area contributed by atoms with Crippen molar-refractivity contribution in [2.24, 2.45) is 4.99 Å². The average molecular weight is 385 g/mol. The Balaban J connectivity index is 1.75. The van der Waals surface area contributed by atoms with Crippen LogP contribution in [0.4, 0.5) is 17.1 Å². The van der Waals surface area contributed by atoms with E-state index >= 15 is 0 Å². The lowest BCUT2D eigenvalue weighted by molar-refractivity contribution is -0.384. The number of nitro groups is 1. The van der Waals surface area contributed by atoms with Crippen LogP contribution in [0.3, 0.4) is 0 Å². The van der Waals surface area contributed by atoms with Crippen LogP contribution in [0.5, 0.6) is 0 Å². The Morgan fingerprint density at radius 3 is 2.45 bits per heavy atom. The number of benzene rings is 3. The number of anilines is 1. The number of aryl methyl sites for hydroxylation is 1. The molecule has 0 fully saturated rings. The van der Waals surface area contributed by atoms with Gasteiger partial charge < -0.3 is 4.90 Å². The van der Waals surface area contributed by atoms with Crippen molar-refractivity contribution in [2.45, 2.75) is 19.9 Å². The Labute approximate surface area is 168 Å². The van der Waals surface area contributed by atoms with Gasteiger partial charge in [-0.2, -0.15) is 0 Å². The van der Waals surface area contributed by atoms with Gasteiger partial charge in [0.05, 0.1) is 35.0 Å². The first kappa shape index (κ1) is 18.6. The lowest BCUT2D eigenvalue weighted by Crippen LogP contribution is -2.31. The van der Waals surface area contributed by atoms with Gasteiger partial charge in [0, 0.05) is 12.1 Å². The number of nitro benzene ring substituents is 1. The van der Waals surface area contributed by atoms with Crippen molar-refractivity contribution in [1.82, 2.24) is 0 Å². The normalized spacial score (nSPS) is 13.5. The van der Waals surface area contributed by atoms with E-state index in [-0.39, 0.29) is 18.0 Å². The second-order valence-electron chi connectivity index (χ2n) is 7.00. The molecule has 3 aromatic carbocycles. The Hall–Kier alpha value is -3.80. The molecule has 1 aliphatic rings. The van der Waals surface area contributed by atoms with E-state index in [1.54, 1.807) is 17.0 Å². The summed E-state index contributed by atoms with van der Waals surface area (Å²) in [7, 11) is 0. The number of carbonyl (C=O) groups is 1. The molecule has 0 radical (unpaired) electrons. The summed E-state index contributed by atoms with van der Waals surface area (Å²) in [6, 6.07) is 21.8. The maximum absolute atomic E-state index is 13.2. The number of fused-ring (bicyclic) bond motifs is 1. The lowest BCUT2D eigenvalue weighted by Gasteiger charge is -2.23. The fourth-order valence-corrected chi connectivity index (χ4v) is 3.38. The standard InChI is InChI=1S/C23H19N3O3/c1-16-7-12-20-22(13-16)25(15-17-5-3-2-4-6-17)23(27)14-21(24-20)18-8-10-19(11-9-18)26(28)29/h2-13H,14-15H2,1H3. The molecule has 0 aliphatic carbocycles. The molecule has 3 aromatic rings. The third-order valence-corrected chi connectivity index (χ3v) is 4.89. The van der Waals surface area contributed by atoms with Crippen LogP contribution in [-0.4, -0.2) is 16.5 Å². The molecule has 6 nitrogen and oxygen atoms in total. The van der Waals surface area contributed by atoms with Crippen molar-refractivity contribution in [3.05, 3.63) is 99.6 Å². The summed E-state index contributed by atoms with van der Waals surface area (Å²) in [5.74, 6) is -0.0599. The molecule has 0 N–H and O–H groups in total. The van der Waals surface area contributed by atoms with Crippen molar-refractivity contribution >= 4 is 28.7 Å². The zero-order chi connectivity index (χ0) is 20.4. The molecule has 0 aromatic heterocycles. The zero-order valence-corrected chi connectivity index (χ0v) is 15.9. The SMILES string of the molecule is Cc1ccc2c(c1)N(Cc1ccccc1)C(=O)CC(c1ccc([N+](=O)[O-])cc1)=N2. The van der Waals surface area contributed by atoms with E-state index in [4.69, 9.17) is 4.99 Å². The first-order valence-electron chi connectivity index (χ1n) is 9.28. The Kier molecular flexibility index (Phi) is 4.91. The van der Waals surface area contributed by atoms with Gasteiger partial charge in [-0.3, -0.25) is 19.9 Å². The third kappa shape index (κ3) is 3.91. The summed E-state index contributed by atoms with van der Waals surface area (Å²) < 4.78 is 0. The number of hydrogen-bond acceptors (Lipinski definition) is 4. The third-order valence-electron chi connectivity index (χ3n) is 4.89.